The smallest absolute Gasteiger partial charge is 0.309 e. The molecule has 0 unspecified atom stereocenters. The number of aromatic hydroxyl groups is 1. The van der Waals surface area contributed by atoms with Crippen molar-refractivity contribution in [1.29, 1.82) is 0 Å². The molecule has 178 valence electrons. The number of esters is 1. The summed E-state index contributed by atoms with van der Waals surface area (Å²) in [6, 6.07) is 18.6. The van der Waals surface area contributed by atoms with Gasteiger partial charge in [0.2, 0.25) is 0 Å². The van der Waals surface area contributed by atoms with Crippen LogP contribution in [-0.4, -0.2) is 35.1 Å². The van der Waals surface area contributed by atoms with Gasteiger partial charge in [0.1, 0.15) is 11.9 Å². The Morgan fingerprint density at radius 2 is 1.68 bits per heavy atom. The first kappa shape index (κ1) is 24.8. The summed E-state index contributed by atoms with van der Waals surface area (Å²) in [5.74, 6) is -1.33. The fraction of sp³-hybridized carbons (Fsp3) is 0.296. The number of Topliss-reactive ketones (excluding diaryl/α,β-unsaturated/α-hetero) is 1. The lowest BCUT2D eigenvalue weighted by atomic mass is 10.0. The third-order valence-electron chi connectivity index (χ3n) is 5.41. The van der Waals surface area contributed by atoms with Gasteiger partial charge in [-0.25, -0.2) is 4.98 Å². The second-order valence-electron chi connectivity index (χ2n) is 8.14. The first-order valence-corrected chi connectivity index (χ1v) is 11.0. The third-order valence-corrected chi connectivity index (χ3v) is 5.41. The van der Waals surface area contributed by atoms with Crippen molar-refractivity contribution in [3.8, 4) is 17.2 Å². The Morgan fingerprint density at radius 1 is 1.00 bits per heavy atom. The molecule has 2 aromatic carbocycles. The van der Waals surface area contributed by atoms with Crippen molar-refractivity contribution in [3.05, 3.63) is 83.7 Å². The summed E-state index contributed by atoms with van der Waals surface area (Å²) in [6.07, 6.45) is 0.0214. The Kier molecular flexibility index (Phi) is 8.24. The maximum Gasteiger partial charge on any atom is 0.309 e. The summed E-state index contributed by atoms with van der Waals surface area (Å²) in [6.45, 7) is 5.35. The van der Waals surface area contributed by atoms with Crippen molar-refractivity contribution in [2.24, 2.45) is 5.92 Å². The van der Waals surface area contributed by atoms with Gasteiger partial charge in [0.15, 0.2) is 29.1 Å². The summed E-state index contributed by atoms with van der Waals surface area (Å²) in [4.78, 5) is 29.4. The second kappa shape index (κ2) is 11.3. The number of ketones is 1. The van der Waals surface area contributed by atoms with Gasteiger partial charge in [-0.15, -0.1) is 0 Å². The summed E-state index contributed by atoms with van der Waals surface area (Å²) < 4.78 is 16.9. The number of hydrogen-bond acceptors (Lipinski definition) is 7. The van der Waals surface area contributed by atoms with E-state index >= 15 is 0 Å². The molecule has 0 spiro atoms. The van der Waals surface area contributed by atoms with Gasteiger partial charge in [0.05, 0.1) is 13.0 Å². The maximum atomic E-state index is 12.8. The van der Waals surface area contributed by atoms with E-state index in [1.807, 2.05) is 61.5 Å². The van der Waals surface area contributed by atoms with Crippen LogP contribution in [0.25, 0.3) is 0 Å². The minimum absolute atomic E-state index is 0.140. The molecule has 7 nitrogen and oxygen atoms in total. The largest absolute Gasteiger partial charge is 0.503 e. The van der Waals surface area contributed by atoms with E-state index in [4.69, 9.17) is 14.2 Å². The molecule has 0 saturated heterocycles. The Balaban J connectivity index is 1.71. The number of pyridine rings is 1. The van der Waals surface area contributed by atoms with Crippen LogP contribution in [0.5, 0.6) is 17.2 Å². The average Bonchev–Trinajstić information content (AvgIpc) is 2.83. The molecular weight excluding hydrogens is 434 g/mol. The molecule has 0 aliphatic carbocycles. The number of methoxy groups -OCH3 is 1. The lowest BCUT2D eigenvalue weighted by molar-refractivity contribution is -0.157. The monoisotopic (exact) mass is 463 g/mol. The summed E-state index contributed by atoms with van der Waals surface area (Å²) >= 11 is 0. The quantitative estimate of drug-likeness (QED) is 0.331. The molecule has 0 radical (unpaired) electrons. The molecule has 1 N–H and O–H groups in total. The number of aryl methyl sites for hydroxylation is 1. The minimum Gasteiger partial charge on any atom is -0.503 e. The standard InChI is InChI=1S/C27H29NO6/c1-17-10-12-20(13-11-17)26(34-21-8-6-5-7-9-21)19(3)33-27(31)18(2)16-22(29)24-25(30)23(32-4)14-15-28-24/h5-15,18-19,26,30H,16H2,1-4H3/t18-,19+,26+/m1/s1. The number of hydrogen-bond donors (Lipinski definition) is 1. The van der Waals surface area contributed by atoms with Gasteiger partial charge in [-0.1, -0.05) is 55.0 Å². The van der Waals surface area contributed by atoms with Crippen LogP contribution in [0, 0.1) is 12.8 Å². The number of benzene rings is 2. The van der Waals surface area contributed by atoms with Crippen molar-refractivity contribution < 1.29 is 28.9 Å². The van der Waals surface area contributed by atoms with Crippen molar-refractivity contribution in [2.75, 3.05) is 7.11 Å². The minimum atomic E-state index is -0.752. The van der Waals surface area contributed by atoms with E-state index in [9.17, 15) is 14.7 Å². The molecule has 0 bridgehead atoms. The molecule has 0 fully saturated rings. The normalized spacial score (nSPS) is 13.4. The Bertz CT molecular complexity index is 1110. The molecule has 0 amide bonds. The molecule has 7 heteroatoms. The van der Waals surface area contributed by atoms with Gasteiger partial charge in [-0.2, -0.15) is 0 Å². The first-order chi connectivity index (χ1) is 16.3. The molecular formula is C27H29NO6. The van der Waals surface area contributed by atoms with E-state index < -0.39 is 29.9 Å². The zero-order valence-electron chi connectivity index (χ0n) is 19.7. The number of carbonyl (C=O) groups excluding carboxylic acids is 2. The lowest BCUT2D eigenvalue weighted by Gasteiger charge is -2.26. The van der Waals surface area contributed by atoms with Crippen LogP contribution in [0.2, 0.25) is 0 Å². The predicted octanol–water partition coefficient (Wildman–Crippen LogP) is 5.07. The third kappa shape index (κ3) is 6.13. The number of nitrogens with zero attached hydrogens (tertiary/aromatic N) is 1. The van der Waals surface area contributed by atoms with Crippen LogP contribution in [-0.2, 0) is 9.53 Å². The number of carbonyl (C=O) groups is 2. The highest BCUT2D eigenvalue weighted by atomic mass is 16.6. The Morgan fingerprint density at radius 3 is 2.32 bits per heavy atom. The number of rotatable bonds is 10. The highest BCUT2D eigenvalue weighted by Gasteiger charge is 2.29. The average molecular weight is 464 g/mol. The number of ether oxygens (including phenoxy) is 3. The van der Waals surface area contributed by atoms with E-state index in [0.29, 0.717) is 5.75 Å². The van der Waals surface area contributed by atoms with Crippen LogP contribution in [0.15, 0.2) is 66.9 Å². The first-order valence-electron chi connectivity index (χ1n) is 11.0. The van der Waals surface area contributed by atoms with Crippen molar-refractivity contribution in [2.45, 2.75) is 39.4 Å². The molecule has 0 saturated carbocycles. The van der Waals surface area contributed by atoms with Crippen LogP contribution in [0.4, 0.5) is 0 Å². The van der Waals surface area contributed by atoms with Crippen molar-refractivity contribution in [3.63, 3.8) is 0 Å². The van der Waals surface area contributed by atoms with Gasteiger partial charge in [-0.05, 0) is 31.5 Å². The Hall–Kier alpha value is -3.87. The van der Waals surface area contributed by atoms with Crippen molar-refractivity contribution >= 4 is 11.8 Å². The topological polar surface area (TPSA) is 95.0 Å². The van der Waals surface area contributed by atoms with Crippen LogP contribution in [0.3, 0.4) is 0 Å². The molecule has 0 aliphatic heterocycles. The molecule has 0 aliphatic rings. The highest BCUT2D eigenvalue weighted by Crippen LogP contribution is 2.30. The zero-order valence-corrected chi connectivity index (χ0v) is 19.7. The SMILES string of the molecule is COc1ccnc(C(=O)C[C@@H](C)C(=O)O[C@@H](C)[C@H](Oc2ccccc2)c2ccc(C)cc2)c1O. The summed E-state index contributed by atoms with van der Waals surface area (Å²) in [5.41, 5.74) is 1.83. The molecule has 1 heterocycles. The summed E-state index contributed by atoms with van der Waals surface area (Å²) in [7, 11) is 1.38. The van der Waals surface area contributed by atoms with Gasteiger partial charge in [0, 0.05) is 18.7 Å². The van der Waals surface area contributed by atoms with Crippen LogP contribution < -0.4 is 9.47 Å². The maximum absolute atomic E-state index is 12.8. The number of aromatic nitrogens is 1. The highest BCUT2D eigenvalue weighted by molar-refractivity contribution is 5.99. The van der Waals surface area contributed by atoms with Crippen LogP contribution >= 0.6 is 0 Å². The van der Waals surface area contributed by atoms with E-state index in [1.165, 1.54) is 19.4 Å². The summed E-state index contributed by atoms with van der Waals surface area (Å²) in [5, 5.41) is 10.2. The van der Waals surface area contributed by atoms with E-state index in [2.05, 4.69) is 4.98 Å². The molecule has 1 aromatic heterocycles. The molecule has 3 aromatic rings. The second-order valence-corrected chi connectivity index (χ2v) is 8.14. The predicted molar refractivity (Wildman–Crippen MR) is 127 cm³/mol. The van der Waals surface area contributed by atoms with Gasteiger partial charge < -0.3 is 19.3 Å². The number of para-hydroxylation sites is 1. The van der Waals surface area contributed by atoms with Gasteiger partial charge in [0.25, 0.3) is 0 Å². The zero-order chi connectivity index (χ0) is 24.7. The van der Waals surface area contributed by atoms with Crippen LogP contribution in [0.1, 0.15) is 48.0 Å². The fourth-order valence-corrected chi connectivity index (χ4v) is 3.46. The van der Waals surface area contributed by atoms with E-state index in [0.717, 1.165) is 11.1 Å². The molecule has 3 atom stereocenters. The fourth-order valence-electron chi connectivity index (χ4n) is 3.46. The van der Waals surface area contributed by atoms with E-state index in [-0.39, 0.29) is 23.6 Å². The van der Waals surface area contributed by atoms with E-state index in [1.54, 1.807) is 13.8 Å². The van der Waals surface area contributed by atoms with Crippen molar-refractivity contribution in [1.82, 2.24) is 4.98 Å². The Labute approximate surface area is 199 Å². The van der Waals surface area contributed by atoms with Gasteiger partial charge >= 0.3 is 5.97 Å². The molecule has 34 heavy (non-hydrogen) atoms. The van der Waals surface area contributed by atoms with Gasteiger partial charge in [-0.3, -0.25) is 9.59 Å². The lowest BCUT2D eigenvalue weighted by Crippen LogP contribution is -2.30. The molecule has 3 rings (SSSR count).